The van der Waals surface area contributed by atoms with Crippen molar-refractivity contribution in [3.63, 3.8) is 0 Å². The van der Waals surface area contributed by atoms with Gasteiger partial charge in [-0.15, -0.1) is 11.8 Å². The molecule has 1 rings (SSSR count). The molecule has 2 atom stereocenters. The van der Waals surface area contributed by atoms with Crippen LogP contribution in [0.5, 0.6) is 0 Å². The highest BCUT2D eigenvalue weighted by Gasteiger charge is 2.03. The van der Waals surface area contributed by atoms with Crippen molar-refractivity contribution in [2.75, 3.05) is 5.75 Å². The molecule has 0 amide bonds. The number of thioether (sulfide) groups is 1. The minimum atomic E-state index is 0.300. The summed E-state index contributed by atoms with van der Waals surface area (Å²) in [4.78, 5) is 1.37. The lowest BCUT2D eigenvalue weighted by atomic mass is 10.1. The number of nitrogens with two attached hydrogens (primary N) is 1. The maximum atomic E-state index is 5.95. The maximum absolute atomic E-state index is 5.95. The van der Waals surface area contributed by atoms with Gasteiger partial charge in [-0.1, -0.05) is 39.3 Å². The van der Waals surface area contributed by atoms with Crippen molar-refractivity contribution in [3.05, 3.63) is 29.8 Å². The molecular weight excluding hydrogens is 226 g/mol. The Morgan fingerprint density at radius 3 is 2.29 bits per heavy atom. The minimum Gasteiger partial charge on any atom is -0.327 e. The van der Waals surface area contributed by atoms with Crippen LogP contribution in [0.1, 0.15) is 39.2 Å². The highest BCUT2D eigenvalue weighted by molar-refractivity contribution is 7.99. The molecule has 0 saturated carbocycles. The van der Waals surface area contributed by atoms with E-state index in [1.165, 1.54) is 22.6 Å². The van der Waals surface area contributed by atoms with Gasteiger partial charge >= 0.3 is 0 Å². The Kier molecular flexibility index (Phi) is 6.68. The molecule has 0 aliphatic carbocycles. The van der Waals surface area contributed by atoms with E-state index in [1.807, 2.05) is 11.8 Å². The topological polar surface area (TPSA) is 26.0 Å². The van der Waals surface area contributed by atoms with Crippen LogP contribution >= 0.6 is 11.8 Å². The van der Waals surface area contributed by atoms with Gasteiger partial charge < -0.3 is 5.73 Å². The van der Waals surface area contributed by atoms with E-state index >= 15 is 0 Å². The Labute approximate surface area is 110 Å². The molecule has 0 saturated heterocycles. The third-order valence-corrected chi connectivity index (χ3v) is 4.52. The molecule has 1 nitrogen and oxygen atoms in total. The van der Waals surface area contributed by atoms with Gasteiger partial charge in [0.2, 0.25) is 0 Å². The minimum absolute atomic E-state index is 0.300. The molecule has 0 spiro atoms. The van der Waals surface area contributed by atoms with Crippen LogP contribution in [0.15, 0.2) is 29.2 Å². The van der Waals surface area contributed by atoms with Crippen molar-refractivity contribution in [3.8, 4) is 0 Å². The molecule has 0 fully saturated rings. The second-order valence-electron chi connectivity index (χ2n) is 4.84. The van der Waals surface area contributed by atoms with Gasteiger partial charge in [0.15, 0.2) is 0 Å². The smallest absolute Gasteiger partial charge is 0.00766 e. The molecule has 0 bridgehead atoms. The molecule has 1 aromatic carbocycles. The standard InChI is InChI=1S/C15H25NS/c1-4-12(3)11-17-15-8-6-13(7-9-15)10-14(16)5-2/h6-9,12,14H,4-5,10-11,16H2,1-3H3. The van der Waals surface area contributed by atoms with E-state index in [2.05, 4.69) is 45.0 Å². The largest absolute Gasteiger partial charge is 0.327 e. The number of hydrogen-bond donors (Lipinski definition) is 1. The van der Waals surface area contributed by atoms with E-state index in [4.69, 9.17) is 5.73 Å². The van der Waals surface area contributed by atoms with Crippen molar-refractivity contribution in [1.29, 1.82) is 0 Å². The van der Waals surface area contributed by atoms with Crippen LogP contribution < -0.4 is 5.73 Å². The highest BCUT2D eigenvalue weighted by Crippen LogP contribution is 2.22. The van der Waals surface area contributed by atoms with Crippen molar-refractivity contribution < 1.29 is 0 Å². The van der Waals surface area contributed by atoms with E-state index < -0.39 is 0 Å². The van der Waals surface area contributed by atoms with Gasteiger partial charge in [0, 0.05) is 16.7 Å². The Hall–Kier alpha value is -0.470. The van der Waals surface area contributed by atoms with Crippen molar-refractivity contribution in [1.82, 2.24) is 0 Å². The molecular formula is C15H25NS. The third kappa shape index (κ3) is 5.60. The lowest BCUT2D eigenvalue weighted by molar-refractivity contribution is 0.637. The van der Waals surface area contributed by atoms with Crippen LogP contribution in [0.3, 0.4) is 0 Å². The molecule has 17 heavy (non-hydrogen) atoms. The first-order valence-corrected chi connectivity index (χ1v) is 7.61. The fourth-order valence-electron chi connectivity index (χ4n) is 1.53. The second kappa shape index (κ2) is 7.78. The average molecular weight is 251 g/mol. The summed E-state index contributed by atoms with van der Waals surface area (Å²) >= 11 is 1.96. The molecule has 0 aliphatic rings. The fraction of sp³-hybridized carbons (Fsp3) is 0.600. The summed E-state index contributed by atoms with van der Waals surface area (Å²) in [5.41, 5.74) is 7.31. The first-order chi connectivity index (χ1) is 8.15. The molecule has 0 aromatic heterocycles. The molecule has 2 N–H and O–H groups in total. The third-order valence-electron chi connectivity index (χ3n) is 3.18. The van der Waals surface area contributed by atoms with E-state index in [-0.39, 0.29) is 0 Å². The highest BCUT2D eigenvalue weighted by atomic mass is 32.2. The van der Waals surface area contributed by atoms with E-state index in [1.54, 1.807) is 0 Å². The summed E-state index contributed by atoms with van der Waals surface area (Å²) in [5, 5.41) is 0. The quantitative estimate of drug-likeness (QED) is 0.738. The van der Waals surface area contributed by atoms with Gasteiger partial charge in [0.05, 0.1) is 0 Å². The summed E-state index contributed by atoms with van der Waals surface area (Å²) in [7, 11) is 0. The van der Waals surface area contributed by atoms with Gasteiger partial charge in [0.1, 0.15) is 0 Å². The normalized spacial score (nSPS) is 14.6. The summed E-state index contributed by atoms with van der Waals surface area (Å²) in [5.74, 6) is 2.01. The predicted molar refractivity (Wildman–Crippen MR) is 78.6 cm³/mol. The zero-order valence-corrected chi connectivity index (χ0v) is 12.1. The van der Waals surface area contributed by atoms with Crippen molar-refractivity contribution in [2.24, 2.45) is 11.7 Å². The summed E-state index contributed by atoms with van der Waals surface area (Å²) in [6, 6.07) is 9.19. The number of benzene rings is 1. The lowest BCUT2D eigenvalue weighted by Gasteiger charge is -2.10. The van der Waals surface area contributed by atoms with Gasteiger partial charge in [-0.05, 0) is 36.5 Å². The van der Waals surface area contributed by atoms with E-state index in [0.29, 0.717) is 6.04 Å². The molecule has 0 aliphatic heterocycles. The van der Waals surface area contributed by atoms with Crippen LogP contribution in [0.25, 0.3) is 0 Å². The Bertz CT molecular complexity index is 307. The molecule has 2 heteroatoms. The SMILES string of the molecule is CCC(C)CSc1ccc(CC(N)CC)cc1. The maximum Gasteiger partial charge on any atom is 0.00766 e. The van der Waals surface area contributed by atoms with Gasteiger partial charge in [-0.3, -0.25) is 0 Å². The Morgan fingerprint density at radius 1 is 1.12 bits per heavy atom. The zero-order valence-electron chi connectivity index (χ0n) is 11.3. The van der Waals surface area contributed by atoms with Gasteiger partial charge in [0.25, 0.3) is 0 Å². The van der Waals surface area contributed by atoms with Crippen LogP contribution in [0.2, 0.25) is 0 Å². The van der Waals surface area contributed by atoms with E-state index in [0.717, 1.165) is 18.8 Å². The van der Waals surface area contributed by atoms with Gasteiger partial charge in [-0.25, -0.2) is 0 Å². The Balaban J connectivity index is 2.44. The van der Waals surface area contributed by atoms with Crippen LogP contribution in [0, 0.1) is 5.92 Å². The predicted octanol–water partition coefficient (Wildman–Crippen LogP) is 4.10. The molecule has 2 unspecified atom stereocenters. The van der Waals surface area contributed by atoms with Crippen LogP contribution in [-0.2, 0) is 6.42 Å². The molecule has 1 aromatic rings. The van der Waals surface area contributed by atoms with Crippen LogP contribution in [-0.4, -0.2) is 11.8 Å². The molecule has 0 radical (unpaired) electrons. The summed E-state index contributed by atoms with van der Waals surface area (Å²) in [6.07, 6.45) is 3.30. The average Bonchev–Trinajstić information content (AvgIpc) is 2.37. The van der Waals surface area contributed by atoms with Gasteiger partial charge in [-0.2, -0.15) is 0 Å². The monoisotopic (exact) mass is 251 g/mol. The van der Waals surface area contributed by atoms with Crippen molar-refractivity contribution >= 4 is 11.8 Å². The first kappa shape index (κ1) is 14.6. The van der Waals surface area contributed by atoms with Crippen LogP contribution in [0.4, 0.5) is 0 Å². The number of hydrogen-bond acceptors (Lipinski definition) is 2. The lowest BCUT2D eigenvalue weighted by Crippen LogP contribution is -2.21. The Morgan fingerprint density at radius 2 is 1.76 bits per heavy atom. The van der Waals surface area contributed by atoms with E-state index in [9.17, 15) is 0 Å². The van der Waals surface area contributed by atoms with Crippen molar-refractivity contribution in [2.45, 2.75) is 51.0 Å². The summed E-state index contributed by atoms with van der Waals surface area (Å²) < 4.78 is 0. The molecule has 0 heterocycles. The fourth-order valence-corrected chi connectivity index (χ4v) is 2.57. The second-order valence-corrected chi connectivity index (χ2v) is 5.93. The first-order valence-electron chi connectivity index (χ1n) is 6.63. The molecule has 96 valence electrons. The summed E-state index contributed by atoms with van der Waals surface area (Å²) in [6.45, 7) is 6.70. The number of rotatable bonds is 7. The zero-order chi connectivity index (χ0) is 12.7.